The maximum absolute atomic E-state index is 10.6. The van der Waals surface area contributed by atoms with Gasteiger partial charge in [0.15, 0.2) is 0 Å². The van der Waals surface area contributed by atoms with Crippen molar-refractivity contribution >= 4 is 5.97 Å². The van der Waals surface area contributed by atoms with Crippen LogP contribution in [0.25, 0.3) is 0 Å². The van der Waals surface area contributed by atoms with Gasteiger partial charge in [-0.15, -0.1) is 0 Å². The van der Waals surface area contributed by atoms with Crippen LogP contribution in [0.4, 0.5) is 0 Å². The highest BCUT2D eigenvalue weighted by molar-refractivity contribution is 5.70. The average Bonchev–Trinajstić information content (AvgIpc) is 2.40. The molecule has 2 aromatic carbocycles. The minimum atomic E-state index is -0.796. The van der Waals surface area contributed by atoms with E-state index in [-0.39, 0.29) is 6.42 Å². The van der Waals surface area contributed by atoms with E-state index in [4.69, 9.17) is 5.11 Å². The molecule has 0 fully saturated rings. The predicted octanol–water partition coefficient (Wildman–Crippen LogP) is 2.91. The highest BCUT2D eigenvalue weighted by atomic mass is 16.4. The number of benzene rings is 2. The van der Waals surface area contributed by atoms with Gasteiger partial charge in [0.05, 0.1) is 6.42 Å². The minimum absolute atomic E-state index is 0.0804. The molecule has 0 radical (unpaired) electrons. The lowest BCUT2D eigenvalue weighted by Crippen LogP contribution is -2.12. The second-order valence-corrected chi connectivity index (χ2v) is 4.98. The van der Waals surface area contributed by atoms with Crippen LogP contribution in [-0.4, -0.2) is 11.1 Å². The summed E-state index contributed by atoms with van der Waals surface area (Å²) < 4.78 is 0. The number of hydrogen-bond acceptors (Lipinski definition) is 2. The molecule has 0 spiro atoms. The van der Waals surface area contributed by atoms with E-state index in [1.165, 1.54) is 11.1 Å². The fraction of sp³-hybridized carbons (Fsp3) is 0.235. The second-order valence-electron chi connectivity index (χ2n) is 4.98. The Bertz CT molecular complexity index is 576. The van der Waals surface area contributed by atoms with Crippen LogP contribution in [0.1, 0.15) is 22.3 Å². The summed E-state index contributed by atoms with van der Waals surface area (Å²) in [5, 5.41) is 12.1. The van der Waals surface area contributed by atoms with E-state index in [0.717, 1.165) is 24.2 Å². The van der Waals surface area contributed by atoms with Crippen LogP contribution in [0.2, 0.25) is 0 Å². The number of carboxylic acids is 1. The molecule has 104 valence electrons. The van der Waals surface area contributed by atoms with Gasteiger partial charge in [-0.05, 0) is 23.6 Å². The number of aryl methyl sites for hydroxylation is 1. The summed E-state index contributed by atoms with van der Waals surface area (Å²) in [4.78, 5) is 10.6. The third kappa shape index (κ3) is 4.52. The Morgan fingerprint density at radius 3 is 2.30 bits per heavy atom. The van der Waals surface area contributed by atoms with Crippen molar-refractivity contribution in [2.24, 2.45) is 0 Å². The van der Waals surface area contributed by atoms with Crippen LogP contribution < -0.4 is 5.32 Å². The Labute approximate surface area is 119 Å². The number of aliphatic carboxylic acids is 1. The smallest absolute Gasteiger partial charge is 0.307 e. The summed E-state index contributed by atoms with van der Waals surface area (Å²) in [5.41, 5.74) is 4.53. The van der Waals surface area contributed by atoms with E-state index in [1.807, 2.05) is 24.3 Å². The summed E-state index contributed by atoms with van der Waals surface area (Å²) in [6, 6.07) is 16.1. The fourth-order valence-corrected chi connectivity index (χ4v) is 2.12. The monoisotopic (exact) mass is 269 g/mol. The zero-order valence-corrected chi connectivity index (χ0v) is 11.6. The molecule has 0 aliphatic carbocycles. The molecule has 0 amide bonds. The van der Waals surface area contributed by atoms with Gasteiger partial charge in [-0.2, -0.15) is 0 Å². The van der Waals surface area contributed by atoms with Gasteiger partial charge in [-0.25, -0.2) is 0 Å². The lowest BCUT2D eigenvalue weighted by molar-refractivity contribution is -0.136. The molecule has 0 aliphatic heterocycles. The molecule has 2 aromatic rings. The second kappa shape index (κ2) is 6.87. The highest BCUT2D eigenvalue weighted by Crippen LogP contribution is 2.07. The van der Waals surface area contributed by atoms with Crippen molar-refractivity contribution in [2.45, 2.75) is 26.4 Å². The van der Waals surface area contributed by atoms with Crippen molar-refractivity contribution in [3.05, 3.63) is 70.8 Å². The molecule has 0 unspecified atom stereocenters. The van der Waals surface area contributed by atoms with Crippen molar-refractivity contribution in [1.29, 1.82) is 0 Å². The van der Waals surface area contributed by atoms with Crippen molar-refractivity contribution in [3.63, 3.8) is 0 Å². The van der Waals surface area contributed by atoms with Gasteiger partial charge in [0, 0.05) is 13.1 Å². The topological polar surface area (TPSA) is 49.3 Å². The molecular weight excluding hydrogens is 250 g/mol. The van der Waals surface area contributed by atoms with E-state index in [2.05, 4.69) is 36.5 Å². The first-order valence-corrected chi connectivity index (χ1v) is 6.69. The van der Waals surface area contributed by atoms with Crippen LogP contribution >= 0.6 is 0 Å². The molecule has 0 bridgehead atoms. The molecule has 20 heavy (non-hydrogen) atoms. The number of carbonyl (C=O) groups is 1. The minimum Gasteiger partial charge on any atom is -0.481 e. The molecule has 3 nitrogen and oxygen atoms in total. The first-order chi connectivity index (χ1) is 9.63. The van der Waals surface area contributed by atoms with Gasteiger partial charge in [-0.3, -0.25) is 4.79 Å². The molecule has 2 rings (SSSR count). The predicted molar refractivity (Wildman–Crippen MR) is 79.5 cm³/mol. The number of nitrogens with one attached hydrogen (secondary N) is 1. The molecule has 0 heterocycles. The van der Waals surface area contributed by atoms with Crippen molar-refractivity contribution < 1.29 is 9.90 Å². The van der Waals surface area contributed by atoms with E-state index < -0.39 is 5.97 Å². The Hall–Kier alpha value is -2.13. The lowest BCUT2D eigenvalue weighted by atomic mass is 10.1. The zero-order chi connectivity index (χ0) is 14.4. The van der Waals surface area contributed by atoms with Gasteiger partial charge in [-0.1, -0.05) is 54.1 Å². The van der Waals surface area contributed by atoms with E-state index in [0.29, 0.717) is 0 Å². The molecule has 2 N–H and O–H groups in total. The largest absolute Gasteiger partial charge is 0.481 e. The molecule has 3 heteroatoms. The maximum Gasteiger partial charge on any atom is 0.307 e. The maximum atomic E-state index is 10.6. The third-order valence-electron chi connectivity index (χ3n) is 3.12. The number of hydrogen-bond donors (Lipinski definition) is 2. The fourth-order valence-electron chi connectivity index (χ4n) is 2.12. The van der Waals surface area contributed by atoms with E-state index in [9.17, 15) is 4.79 Å². The van der Waals surface area contributed by atoms with Crippen molar-refractivity contribution in [2.75, 3.05) is 0 Å². The van der Waals surface area contributed by atoms with Gasteiger partial charge in [0.2, 0.25) is 0 Å². The van der Waals surface area contributed by atoms with Gasteiger partial charge in [0.25, 0.3) is 0 Å². The van der Waals surface area contributed by atoms with Gasteiger partial charge in [0.1, 0.15) is 0 Å². The Morgan fingerprint density at radius 1 is 1.00 bits per heavy atom. The van der Waals surface area contributed by atoms with Crippen LogP contribution in [0, 0.1) is 6.92 Å². The molecule has 0 saturated heterocycles. The summed E-state index contributed by atoms with van der Waals surface area (Å²) in [7, 11) is 0. The summed E-state index contributed by atoms with van der Waals surface area (Å²) >= 11 is 0. The van der Waals surface area contributed by atoms with Crippen LogP contribution in [0.15, 0.2) is 48.5 Å². The Kier molecular flexibility index (Phi) is 4.91. The quantitative estimate of drug-likeness (QED) is 0.847. The molecule has 0 saturated carbocycles. The van der Waals surface area contributed by atoms with Crippen LogP contribution in [-0.2, 0) is 24.3 Å². The molecule has 0 aromatic heterocycles. The average molecular weight is 269 g/mol. The highest BCUT2D eigenvalue weighted by Gasteiger charge is 2.00. The van der Waals surface area contributed by atoms with Crippen LogP contribution in [0.3, 0.4) is 0 Å². The molecule has 0 atom stereocenters. The number of rotatable bonds is 6. The third-order valence-corrected chi connectivity index (χ3v) is 3.12. The van der Waals surface area contributed by atoms with E-state index in [1.54, 1.807) is 0 Å². The van der Waals surface area contributed by atoms with Crippen molar-refractivity contribution in [1.82, 2.24) is 5.32 Å². The first-order valence-electron chi connectivity index (χ1n) is 6.69. The standard InChI is InChI=1S/C17H19NO2/c1-13-3-2-4-16(9-13)12-18-11-15-7-5-14(6-8-15)10-17(19)20/h2-9,18H,10-12H2,1H3,(H,19,20). The lowest BCUT2D eigenvalue weighted by Gasteiger charge is -2.06. The summed E-state index contributed by atoms with van der Waals surface area (Å²) in [6.45, 7) is 3.70. The van der Waals surface area contributed by atoms with E-state index >= 15 is 0 Å². The SMILES string of the molecule is Cc1cccc(CNCc2ccc(CC(=O)O)cc2)c1. The normalized spacial score (nSPS) is 10.4. The Balaban J connectivity index is 1.83. The van der Waals surface area contributed by atoms with Gasteiger partial charge < -0.3 is 10.4 Å². The van der Waals surface area contributed by atoms with Crippen molar-refractivity contribution in [3.8, 4) is 0 Å². The number of carboxylic acid groups (broad SMARTS) is 1. The van der Waals surface area contributed by atoms with Gasteiger partial charge >= 0.3 is 5.97 Å². The molecule has 0 aliphatic rings. The Morgan fingerprint density at radius 2 is 1.65 bits per heavy atom. The summed E-state index contributed by atoms with van der Waals surface area (Å²) in [5.74, 6) is -0.796. The summed E-state index contributed by atoms with van der Waals surface area (Å²) in [6.07, 6.45) is 0.0804. The first kappa shape index (κ1) is 14.3. The van der Waals surface area contributed by atoms with Crippen LogP contribution in [0.5, 0.6) is 0 Å². The zero-order valence-electron chi connectivity index (χ0n) is 11.6. The molecular formula is C17H19NO2.